The first-order valence-corrected chi connectivity index (χ1v) is 19.2. The Bertz CT molecular complexity index is 2350. The predicted molar refractivity (Wildman–Crippen MR) is 223 cm³/mol. The van der Waals surface area contributed by atoms with E-state index in [1.165, 1.54) is 37.3 Å². The molecule has 5 aromatic rings. The number of carbonyl (C=O) groups excluding carboxylic acids is 7. The van der Waals surface area contributed by atoms with Gasteiger partial charge in [0.1, 0.15) is 29.6 Å². The summed E-state index contributed by atoms with van der Waals surface area (Å²) in [5, 5.41) is 32.7. The number of para-hydroxylation sites is 2. The Kier molecular flexibility index (Phi) is 15.5. The minimum atomic E-state index is -1.27. The van der Waals surface area contributed by atoms with Gasteiger partial charge in [-0.1, -0.05) is 72.8 Å². The van der Waals surface area contributed by atoms with Crippen LogP contribution >= 0.6 is 0 Å². The number of carbonyl (C=O) groups is 7. The van der Waals surface area contributed by atoms with E-state index in [2.05, 4.69) is 42.4 Å². The van der Waals surface area contributed by atoms with Crippen LogP contribution in [0.15, 0.2) is 109 Å². The van der Waals surface area contributed by atoms with E-state index in [1.54, 1.807) is 54.7 Å². The van der Waals surface area contributed by atoms with Crippen LogP contribution in [-0.4, -0.2) is 93.8 Å². The van der Waals surface area contributed by atoms with Crippen molar-refractivity contribution in [3.63, 3.8) is 0 Å². The number of amides is 7. The van der Waals surface area contributed by atoms with Gasteiger partial charge in [0.25, 0.3) is 17.7 Å². The molecule has 0 spiro atoms. The number of benzene rings is 4. The van der Waals surface area contributed by atoms with Crippen molar-refractivity contribution < 1.29 is 43.8 Å². The van der Waals surface area contributed by atoms with Crippen molar-refractivity contribution in [3.05, 3.63) is 132 Å². The summed E-state index contributed by atoms with van der Waals surface area (Å²) in [5.41, 5.74) is 13.4. The van der Waals surface area contributed by atoms with Crippen molar-refractivity contribution in [1.29, 1.82) is 0 Å². The Morgan fingerprint density at radius 2 is 1.18 bits per heavy atom. The number of aromatic nitrogens is 1. The fourth-order valence-corrected chi connectivity index (χ4v) is 6.18. The summed E-state index contributed by atoms with van der Waals surface area (Å²) in [6.07, 6.45) is 1.79. The van der Waals surface area contributed by atoms with Crippen LogP contribution in [0.25, 0.3) is 10.9 Å². The molecule has 18 nitrogen and oxygen atoms in total. The van der Waals surface area contributed by atoms with Gasteiger partial charge in [0.2, 0.25) is 23.6 Å². The number of nitrogens with one attached hydrogen (secondary N) is 8. The van der Waals surface area contributed by atoms with Gasteiger partial charge in [-0.25, -0.2) is 0 Å². The number of fused-ring (bicyclic) bond motifs is 1. The van der Waals surface area contributed by atoms with Crippen LogP contribution in [0.3, 0.4) is 0 Å². The summed E-state index contributed by atoms with van der Waals surface area (Å²) in [7, 11) is 0. The van der Waals surface area contributed by atoms with Crippen LogP contribution in [0.5, 0.6) is 11.5 Å². The smallest absolute Gasteiger partial charge is 0.261 e. The Balaban J connectivity index is 1.19. The van der Waals surface area contributed by atoms with E-state index in [0.717, 1.165) is 10.9 Å². The number of nitrogens with two attached hydrogens (primary N) is 1. The van der Waals surface area contributed by atoms with Crippen LogP contribution in [0.2, 0.25) is 0 Å². The molecule has 0 bridgehead atoms. The molecular formula is C43H47N9O9. The van der Waals surface area contributed by atoms with Crippen molar-refractivity contribution >= 4 is 52.3 Å². The van der Waals surface area contributed by atoms with E-state index < -0.39 is 78.6 Å². The average Bonchev–Trinajstić information content (AvgIpc) is 3.66. The van der Waals surface area contributed by atoms with Crippen LogP contribution in [-0.2, 0) is 48.0 Å². The van der Waals surface area contributed by atoms with E-state index in [1.807, 2.05) is 24.3 Å². The number of aromatic amines is 1. The molecule has 0 unspecified atom stereocenters. The molecular weight excluding hydrogens is 787 g/mol. The first kappa shape index (κ1) is 44.4. The third-order valence-corrected chi connectivity index (χ3v) is 9.46. The van der Waals surface area contributed by atoms with E-state index in [-0.39, 0.29) is 36.3 Å². The van der Waals surface area contributed by atoms with E-state index in [0.29, 0.717) is 16.7 Å². The molecule has 0 saturated carbocycles. The maximum Gasteiger partial charge on any atom is 0.261 e. The Labute approximate surface area is 350 Å². The standard InChI is InChI=1S/C43H47N9O9/c1-25(48-41(59)32(44)19-27-15-17-29(53)18-16-27)39(57)46-23-37(55)49-34(20-26-9-3-2-4-10-26)42(60)51-52-43(61)35(21-28-22-45-33-13-7-5-11-30(28)33)50-38(56)24-47-40(58)31-12-6-8-14-36(31)54/h2-18,22,25,32,34-35,45,53-54H,19-21,23-24,44H2,1H3,(H,46,57)(H,47,58)(H,48,59)(H,49,55)(H,50,56)(H,51,60)(H,52,61)/t25-,32-,34-,35+/m0/s1. The number of aromatic hydroxyl groups is 2. The zero-order valence-corrected chi connectivity index (χ0v) is 33.1. The minimum Gasteiger partial charge on any atom is -0.508 e. The molecule has 0 radical (unpaired) electrons. The van der Waals surface area contributed by atoms with E-state index in [9.17, 15) is 43.8 Å². The average molecular weight is 834 g/mol. The molecule has 1 aromatic heterocycles. The van der Waals surface area contributed by atoms with Crippen molar-refractivity contribution in [2.45, 2.75) is 50.4 Å². The maximum atomic E-state index is 13.7. The first-order valence-electron chi connectivity index (χ1n) is 19.2. The van der Waals surface area contributed by atoms with Crippen molar-refractivity contribution in [2.75, 3.05) is 13.1 Å². The van der Waals surface area contributed by atoms with Gasteiger partial charge in [-0.3, -0.25) is 44.4 Å². The predicted octanol–water partition coefficient (Wildman–Crippen LogP) is 0.102. The normalized spacial score (nSPS) is 12.8. The van der Waals surface area contributed by atoms with E-state index >= 15 is 0 Å². The third-order valence-electron chi connectivity index (χ3n) is 9.46. The molecule has 4 atom stereocenters. The quantitative estimate of drug-likeness (QED) is 0.0530. The summed E-state index contributed by atoms with van der Waals surface area (Å²) in [6.45, 7) is 0.300. The molecule has 0 fully saturated rings. The summed E-state index contributed by atoms with van der Waals surface area (Å²) in [5.74, 6) is -5.38. The molecule has 0 aliphatic carbocycles. The fourth-order valence-electron chi connectivity index (χ4n) is 6.18. The molecule has 1 heterocycles. The third kappa shape index (κ3) is 13.1. The lowest BCUT2D eigenvalue weighted by atomic mass is 10.0. The molecule has 12 N–H and O–H groups in total. The largest absolute Gasteiger partial charge is 0.508 e. The Hall–Kier alpha value is -7.73. The SMILES string of the molecule is C[C@H](NC(=O)[C@@H](N)Cc1ccc(O)cc1)C(=O)NCC(=O)N[C@@H](Cc1ccccc1)C(=O)NNC(=O)[C@@H](Cc1c[nH]c2ccccc12)NC(=O)CNC(=O)c1ccccc1O. The molecule has 0 aliphatic rings. The molecule has 18 heteroatoms. The fraction of sp³-hybridized carbons (Fsp3) is 0.233. The van der Waals surface area contributed by atoms with Crippen LogP contribution in [0.4, 0.5) is 0 Å². The van der Waals surface area contributed by atoms with Gasteiger partial charge in [0.15, 0.2) is 0 Å². The van der Waals surface area contributed by atoms with Gasteiger partial charge in [-0.2, -0.15) is 0 Å². The number of phenolic OH excluding ortho intramolecular Hbond substituents is 2. The van der Waals surface area contributed by atoms with Gasteiger partial charge in [0, 0.05) is 29.9 Å². The van der Waals surface area contributed by atoms with Gasteiger partial charge in [-0.05, 0) is 60.4 Å². The zero-order valence-electron chi connectivity index (χ0n) is 33.1. The molecule has 5 rings (SSSR count). The van der Waals surface area contributed by atoms with Gasteiger partial charge in [-0.15, -0.1) is 0 Å². The monoisotopic (exact) mass is 833 g/mol. The zero-order chi connectivity index (χ0) is 43.9. The lowest BCUT2D eigenvalue weighted by molar-refractivity contribution is -0.134. The highest BCUT2D eigenvalue weighted by Gasteiger charge is 2.27. The Morgan fingerprint density at radius 1 is 0.607 bits per heavy atom. The number of hydrogen-bond acceptors (Lipinski definition) is 10. The van der Waals surface area contributed by atoms with E-state index in [4.69, 9.17) is 5.73 Å². The number of phenols is 2. The second kappa shape index (κ2) is 21.3. The van der Waals surface area contributed by atoms with Crippen molar-refractivity contribution in [1.82, 2.24) is 42.4 Å². The molecule has 318 valence electrons. The first-order chi connectivity index (χ1) is 29.3. The second-order valence-electron chi connectivity index (χ2n) is 14.1. The number of rotatable bonds is 18. The molecule has 61 heavy (non-hydrogen) atoms. The topological polar surface area (TPSA) is 286 Å². The summed E-state index contributed by atoms with van der Waals surface area (Å²) in [6, 6.07) is 23.4. The second-order valence-corrected chi connectivity index (χ2v) is 14.1. The Morgan fingerprint density at radius 3 is 1.85 bits per heavy atom. The van der Waals surface area contributed by atoms with Crippen LogP contribution in [0, 0.1) is 0 Å². The summed E-state index contributed by atoms with van der Waals surface area (Å²) >= 11 is 0. The molecule has 0 saturated heterocycles. The summed E-state index contributed by atoms with van der Waals surface area (Å²) < 4.78 is 0. The minimum absolute atomic E-state index is 0.0141. The van der Waals surface area contributed by atoms with Crippen molar-refractivity contribution in [2.24, 2.45) is 5.73 Å². The highest BCUT2D eigenvalue weighted by molar-refractivity contribution is 5.99. The summed E-state index contributed by atoms with van der Waals surface area (Å²) in [4.78, 5) is 94.6. The van der Waals surface area contributed by atoms with Crippen LogP contribution in [0.1, 0.15) is 34.0 Å². The van der Waals surface area contributed by atoms with Gasteiger partial charge in [0.05, 0.1) is 24.7 Å². The number of H-pyrrole nitrogens is 1. The van der Waals surface area contributed by atoms with Gasteiger partial charge >= 0.3 is 0 Å². The van der Waals surface area contributed by atoms with Gasteiger partial charge < -0.3 is 47.5 Å². The van der Waals surface area contributed by atoms with Crippen LogP contribution < -0.4 is 43.2 Å². The maximum absolute atomic E-state index is 13.7. The van der Waals surface area contributed by atoms with Crippen molar-refractivity contribution in [3.8, 4) is 11.5 Å². The number of hydrogen-bond donors (Lipinski definition) is 11. The molecule has 4 aromatic carbocycles. The highest BCUT2D eigenvalue weighted by atomic mass is 16.3. The highest BCUT2D eigenvalue weighted by Crippen LogP contribution is 2.19. The lowest BCUT2D eigenvalue weighted by Gasteiger charge is -2.22. The molecule has 7 amide bonds. The molecule has 0 aliphatic heterocycles. The lowest BCUT2D eigenvalue weighted by Crippen LogP contribution is -2.58. The number of hydrazine groups is 1.